The van der Waals surface area contributed by atoms with Gasteiger partial charge in [0.2, 0.25) is 0 Å². The molecule has 0 aliphatic carbocycles. The molecule has 0 fully saturated rings. The molecule has 0 radical (unpaired) electrons. The molecule has 1 heterocycles. The van der Waals surface area contributed by atoms with Crippen LogP contribution >= 0.6 is 27.5 Å². The average Bonchev–Trinajstić information content (AvgIpc) is 2.47. The summed E-state index contributed by atoms with van der Waals surface area (Å²) in [4.78, 5) is 10.6. The van der Waals surface area contributed by atoms with Gasteiger partial charge >= 0.3 is 0 Å². The van der Waals surface area contributed by atoms with Crippen molar-refractivity contribution in [1.82, 2.24) is 10.2 Å². The van der Waals surface area contributed by atoms with Gasteiger partial charge in [0.1, 0.15) is 5.69 Å². The molecule has 3 nitrogen and oxygen atoms in total. The molecule has 0 bridgehead atoms. The van der Waals surface area contributed by atoms with Crippen LogP contribution in [0.15, 0.2) is 16.6 Å². The number of hydrogen-bond donors (Lipinski definition) is 1. The van der Waals surface area contributed by atoms with Crippen LogP contribution in [-0.2, 0) is 0 Å². The van der Waals surface area contributed by atoms with E-state index < -0.39 is 0 Å². The van der Waals surface area contributed by atoms with Gasteiger partial charge in [0.15, 0.2) is 6.29 Å². The van der Waals surface area contributed by atoms with Gasteiger partial charge < -0.3 is 0 Å². The monoisotopic (exact) mass is 258 g/mol. The second-order valence-corrected chi connectivity index (χ2v) is 3.86. The number of fused-ring (bicyclic) bond motifs is 1. The van der Waals surface area contributed by atoms with Crippen molar-refractivity contribution in [2.45, 2.75) is 0 Å². The van der Waals surface area contributed by atoms with E-state index in [0.717, 1.165) is 4.47 Å². The molecule has 0 atom stereocenters. The van der Waals surface area contributed by atoms with Gasteiger partial charge in [0.25, 0.3) is 0 Å². The summed E-state index contributed by atoms with van der Waals surface area (Å²) in [6, 6.07) is 3.52. The summed E-state index contributed by atoms with van der Waals surface area (Å²) in [5, 5.41) is 7.73. The number of carbonyl (C=O) groups is 1. The second kappa shape index (κ2) is 3.12. The molecule has 5 heteroatoms. The first kappa shape index (κ1) is 8.72. The SMILES string of the molecule is O=Cc1[nH]nc2cc(Br)cc(Cl)c12. The van der Waals surface area contributed by atoms with Crippen molar-refractivity contribution in [3.63, 3.8) is 0 Å². The summed E-state index contributed by atoms with van der Waals surface area (Å²) in [6.45, 7) is 0. The van der Waals surface area contributed by atoms with Gasteiger partial charge in [-0.3, -0.25) is 9.89 Å². The van der Waals surface area contributed by atoms with Crippen LogP contribution in [0.4, 0.5) is 0 Å². The van der Waals surface area contributed by atoms with Crippen LogP contribution in [0, 0.1) is 0 Å². The van der Waals surface area contributed by atoms with E-state index >= 15 is 0 Å². The topological polar surface area (TPSA) is 45.8 Å². The molecule has 0 spiro atoms. The third-order valence-electron chi connectivity index (χ3n) is 1.72. The smallest absolute Gasteiger partial charge is 0.168 e. The number of halogens is 2. The summed E-state index contributed by atoms with van der Waals surface area (Å²) < 4.78 is 0.842. The van der Waals surface area contributed by atoms with Crippen molar-refractivity contribution in [3.05, 3.63) is 27.3 Å². The van der Waals surface area contributed by atoms with Crippen molar-refractivity contribution in [2.75, 3.05) is 0 Å². The van der Waals surface area contributed by atoms with Crippen molar-refractivity contribution < 1.29 is 4.79 Å². The van der Waals surface area contributed by atoms with Crippen LogP contribution in [-0.4, -0.2) is 16.5 Å². The van der Waals surface area contributed by atoms with E-state index in [9.17, 15) is 4.79 Å². The number of hydrogen-bond acceptors (Lipinski definition) is 2. The maximum Gasteiger partial charge on any atom is 0.168 e. The number of benzene rings is 1. The van der Waals surface area contributed by atoms with Crippen LogP contribution in [0.2, 0.25) is 5.02 Å². The fraction of sp³-hybridized carbons (Fsp3) is 0. The molecule has 2 aromatic rings. The molecule has 1 N–H and O–H groups in total. The molecule has 0 aliphatic heterocycles. The average molecular weight is 259 g/mol. The molecular weight excluding hydrogens is 255 g/mol. The lowest BCUT2D eigenvalue weighted by Crippen LogP contribution is -1.79. The summed E-state index contributed by atoms with van der Waals surface area (Å²) >= 11 is 9.23. The first-order valence-corrected chi connectivity index (χ1v) is 4.68. The van der Waals surface area contributed by atoms with Crippen LogP contribution < -0.4 is 0 Å². The number of aromatic amines is 1. The van der Waals surface area contributed by atoms with Gasteiger partial charge in [-0.05, 0) is 12.1 Å². The minimum absolute atomic E-state index is 0.410. The predicted octanol–water partition coefficient (Wildman–Crippen LogP) is 2.79. The lowest BCUT2D eigenvalue weighted by atomic mass is 10.2. The zero-order valence-corrected chi connectivity index (χ0v) is 8.69. The Balaban J connectivity index is 2.89. The highest BCUT2D eigenvalue weighted by Crippen LogP contribution is 2.28. The molecule has 0 unspecified atom stereocenters. The number of aldehydes is 1. The van der Waals surface area contributed by atoms with Crippen LogP contribution in [0.3, 0.4) is 0 Å². The van der Waals surface area contributed by atoms with E-state index in [1.54, 1.807) is 12.1 Å². The quantitative estimate of drug-likeness (QED) is 0.801. The Morgan fingerprint density at radius 1 is 1.54 bits per heavy atom. The van der Waals surface area contributed by atoms with E-state index in [1.165, 1.54) is 0 Å². The Labute approximate surface area is 87.2 Å². The maximum atomic E-state index is 10.6. The number of rotatable bonds is 1. The fourth-order valence-electron chi connectivity index (χ4n) is 1.18. The van der Waals surface area contributed by atoms with Crippen LogP contribution in [0.1, 0.15) is 10.5 Å². The molecular formula is C8H4BrClN2O. The number of H-pyrrole nitrogens is 1. The van der Waals surface area contributed by atoms with Crippen LogP contribution in [0.5, 0.6) is 0 Å². The fourth-order valence-corrected chi connectivity index (χ4v) is 2.07. The van der Waals surface area contributed by atoms with Gasteiger partial charge in [-0.1, -0.05) is 27.5 Å². The highest BCUT2D eigenvalue weighted by atomic mass is 79.9. The lowest BCUT2D eigenvalue weighted by molar-refractivity contribution is 0.112. The highest BCUT2D eigenvalue weighted by molar-refractivity contribution is 9.10. The van der Waals surface area contributed by atoms with Gasteiger partial charge in [-0.2, -0.15) is 5.10 Å². The molecule has 2 rings (SSSR count). The van der Waals surface area contributed by atoms with Crippen molar-refractivity contribution in [1.29, 1.82) is 0 Å². The van der Waals surface area contributed by atoms with Gasteiger partial charge in [-0.25, -0.2) is 0 Å². The first-order chi connectivity index (χ1) is 6.22. The lowest BCUT2D eigenvalue weighted by Gasteiger charge is -1.94. The Bertz CT molecular complexity index is 480. The van der Waals surface area contributed by atoms with Crippen molar-refractivity contribution >= 4 is 44.7 Å². The third kappa shape index (κ3) is 1.36. The summed E-state index contributed by atoms with van der Waals surface area (Å²) in [5.41, 5.74) is 1.09. The largest absolute Gasteiger partial charge is 0.296 e. The van der Waals surface area contributed by atoms with Crippen molar-refractivity contribution in [2.24, 2.45) is 0 Å². The molecule has 0 saturated carbocycles. The van der Waals surface area contributed by atoms with Gasteiger partial charge in [0, 0.05) is 9.86 Å². The minimum Gasteiger partial charge on any atom is -0.296 e. The number of carbonyl (C=O) groups excluding carboxylic acids is 1. The van der Waals surface area contributed by atoms with E-state index in [2.05, 4.69) is 26.1 Å². The highest BCUT2D eigenvalue weighted by Gasteiger charge is 2.08. The van der Waals surface area contributed by atoms with E-state index in [-0.39, 0.29) is 0 Å². The summed E-state index contributed by atoms with van der Waals surface area (Å²) in [7, 11) is 0. The predicted molar refractivity (Wildman–Crippen MR) is 54.2 cm³/mol. The maximum absolute atomic E-state index is 10.6. The summed E-state index contributed by atoms with van der Waals surface area (Å²) in [6.07, 6.45) is 0.703. The zero-order valence-electron chi connectivity index (χ0n) is 6.34. The molecule has 66 valence electrons. The number of nitrogens with zero attached hydrogens (tertiary/aromatic N) is 1. The third-order valence-corrected chi connectivity index (χ3v) is 2.47. The molecule has 0 amide bonds. The second-order valence-electron chi connectivity index (χ2n) is 2.54. The molecule has 13 heavy (non-hydrogen) atoms. The molecule has 1 aromatic carbocycles. The van der Waals surface area contributed by atoms with Crippen molar-refractivity contribution in [3.8, 4) is 0 Å². The Kier molecular flexibility index (Phi) is 2.09. The van der Waals surface area contributed by atoms with Gasteiger partial charge in [0.05, 0.1) is 10.5 Å². The Morgan fingerprint density at radius 2 is 2.31 bits per heavy atom. The van der Waals surface area contributed by atoms with Crippen LogP contribution in [0.25, 0.3) is 10.9 Å². The molecule has 0 saturated heterocycles. The number of nitrogens with one attached hydrogen (secondary N) is 1. The Hall–Kier alpha value is -0.870. The molecule has 0 aliphatic rings. The minimum atomic E-state index is 0.410. The van der Waals surface area contributed by atoms with E-state index in [0.29, 0.717) is 27.9 Å². The van der Waals surface area contributed by atoms with E-state index in [1.807, 2.05) is 0 Å². The summed E-state index contributed by atoms with van der Waals surface area (Å²) in [5.74, 6) is 0. The Morgan fingerprint density at radius 3 is 3.00 bits per heavy atom. The van der Waals surface area contributed by atoms with Gasteiger partial charge in [-0.15, -0.1) is 0 Å². The standard InChI is InChI=1S/C8H4BrClN2O/c9-4-1-5(10)8-6(2-4)11-12-7(8)3-13/h1-3H,(H,11,12). The molecule has 1 aromatic heterocycles. The normalized spacial score (nSPS) is 10.6. The zero-order chi connectivity index (χ0) is 9.42. The first-order valence-electron chi connectivity index (χ1n) is 3.50. The number of aromatic nitrogens is 2. The van der Waals surface area contributed by atoms with E-state index in [4.69, 9.17) is 11.6 Å².